The topological polar surface area (TPSA) is 32.8 Å². The van der Waals surface area contributed by atoms with Gasteiger partial charge in [0.05, 0.1) is 12.4 Å². The van der Waals surface area contributed by atoms with Gasteiger partial charge in [-0.2, -0.15) is 0 Å². The Morgan fingerprint density at radius 2 is 1.72 bits per heavy atom. The van der Waals surface area contributed by atoms with Crippen molar-refractivity contribution in [2.45, 2.75) is 4.90 Å². The van der Waals surface area contributed by atoms with Gasteiger partial charge in [-0.1, -0.05) is 0 Å². The minimum absolute atomic E-state index is 0.728. The van der Waals surface area contributed by atoms with E-state index >= 15 is 0 Å². The molecule has 0 fully saturated rings. The highest BCUT2D eigenvalue weighted by atomic mass is 32.2. The molecule has 0 N–H and O–H groups in total. The molecule has 102 valence electrons. The smallest absolute Gasteiger partial charge is 0.245 e. The number of nitrogens with zero attached hydrogens (tertiary/aromatic N) is 2. The van der Waals surface area contributed by atoms with Crippen LogP contribution in [0.15, 0.2) is 23.1 Å². The summed E-state index contributed by atoms with van der Waals surface area (Å²) in [6, 6.07) is 5.72. The molecule has 0 unspecified atom stereocenters. The van der Waals surface area contributed by atoms with Crippen molar-refractivity contribution in [1.29, 1.82) is 0 Å². The Bertz CT molecular complexity index is 451. The average Bonchev–Trinajstić information content (AvgIpc) is 2.36. The summed E-state index contributed by atoms with van der Waals surface area (Å²) in [5, 5.41) is 0.823. The molecule has 1 rings (SSSR count). The number of hydrogen-bond donors (Lipinski definition) is 0. The van der Waals surface area contributed by atoms with Gasteiger partial charge in [0, 0.05) is 4.90 Å². The molecule has 0 saturated heterocycles. The lowest BCUT2D eigenvalue weighted by atomic mass is 10.3. The molecule has 18 heavy (non-hydrogen) atoms. The van der Waals surface area contributed by atoms with Crippen LogP contribution in [0.4, 0.5) is 0 Å². The lowest BCUT2D eigenvalue weighted by molar-refractivity contribution is 0.414. The highest BCUT2D eigenvalue weighted by Crippen LogP contribution is 2.50. The first-order valence-electron chi connectivity index (χ1n) is 5.56. The van der Waals surface area contributed by atoms with E-state index < -0.39 is 7.44 Å². The molecule has 0 heterocycles. The minimum Gasteiger partial charge on any atom is -0.497 e. The third-order valence-electron chi connectivity index (χ3n) is 2.78. The maximum atomic E-state index is 13.2. The molecule has 0 bridgehead atoms. The summed E-state index contributed by atoms with van der Waals surface area (Å²) < 4.78 is 22.0. The lowest BCUT2D eigenvalue weighted by Gasteiger charge is -2.32. The van der Waals surface area contributed by atoms with Gasteiger partial charge in [-0.15, -0.1) is 11.8 Å². The van der Waals surface area contributed by atoms with E-state index in [-0.39, 0.29) is 0 Å². The number of thioether (sulfide) groups is 1. The van der Waals surface area contributed by atoms with Crippen molar-refractivity contribution in [3.8, 4) is 5.75 Å². The second-order valence-corrected chi connectivity index (χ2v) is 8.29. The Morgan fingerprint density at radius 3 is 2.11 bits per heavy atom. The molecule has 4 nitrogen and oxygen atoms in total. The Balaban J connectivity index is 3.49. The zero-order valence-electron chi connectivity index (χ0n) is 11.8. The lowest BCUT2D eigenvalue weighted by Crippen LogP contribution is -2.29. The van der Waals surface area contributed by atoms with Crippen molar-refractivity contribution >= 4 is 24.5 Å². The molecule has 0 saturated carbocycles. The Labute approximate surface area is 114 Å². The molecule has 0 aliphatic carbocycles. The Morgan fingerprint density at radius 1 is 1.17 bits per heavy atom. The second kappa shape index (κ2) is 6.11. The first-order valence-corrected chi connectivity index (χ1v) is 8.39. The molecule has 0 aliphatic heterocycles. The quantitative estimate of drug-likeness (QED) is 0.613. The van der Waals surface area contributed by atoms with Gasteiger partial charge in [0.2, 0.25) is 7.44 Å². The van der Waals surface area contributed by atoms with E-state index in [0.717, 1.165) is 15.9 Å². The summed E-state index contributed by atoms with van der Waals surface area (Å²) >= 11 is 1.60. The largest absolute Gasteiger partial charge is 0.497 e. The Hall–Kier alpha value is -0.480. The normalized spacial score (nSPS) is 12.2. The monoisotopic (exact) mass is 288 g/mol. The summed E-state index contributed by atoms with van der Waals surface area (Å²) in [5.74, 6) is 0.728. The van der Waals surface area contributed by atoms with Gasteiger partial charge in [0.15, 0.2) is 0 Å². The number of benzene rings is 1. The van der Waals surface area contributed by atoms with Crippen LogP contribution >= 0.6 is 19.2 Å². The van der Waals surface area contributed by atoms with E-state index in [1.807, 2.05) is 52.6 Å². The highest BCUT2D eigenvalue weighted by molar-refractivity contribution is 7.99. The predicted octanol–water partition coefficient (Wildman–Crippen LogP) is 2.36. The van der Waals surface area contributed by atoms with Gasteiger partial charge in [0.25, 0.3) is 0 Å². The molecule has 1 aromatic rings. The van der Waals surface area contributed by atoms with E-state index in [1.165, 1.54) is 0 Å². The van der Waals surface area contributed by atoms with Crippen LogP contribution in [0, 0.1) is 0 Å². The van der Waals surface area contributed by atoms with Gasteiger partial charge >= 0.3 is 0 Å². The van der Waals surface area contributed by atoms with Crippen LogP contribution in [0.3, 0.4) is 0 Å². The molecule has 1 aromatic carbocycles. The predicted molar refractivity (Wildman–Crippen MR) is 79.4 cm³/mol. The van der Waals surface area contributed by atoms with Crippen molar-refractivity contribution in [1.82, 2.24) is 9.34 Å². The maximum absolute atomic E-state index is 13.2. The van der Waals surface area contributed by atoms with Gasteiger partial charge in [-0.25, -0.2) is 9.34 Å². The van der Waals surface area contributed by atoms with Crippen LogP contribution in [0.2, 0.25) is 0 Å². The first-order chi connectivity index (χ1) is 8.37. The van der Waals surface area contributed by atoms with Crippen LogP contribution in [-0.4, -0.2) is 50.9 Å². The highest BCUT2D eigenvalue weighted by Gasteiger charge is 2.33. The number of hydrogen-bond acceptors (Lipinski definition) is 3. The number of methoxy groups -OCH3 is 1. The zero-order valence-corrected chi connectivity index (χ0v) is 13.5. The fourth-order valence-corrected chi connectivity index (χ4v) is 5.15. The molecule has 0 aliphatic rings. The molecular formula is C12H21N2O2PS. The summed E-state index contributed by atoms with van der Waals surface area (Å²) in [6.45, 7) is 0. The van der Waals surface area contributed by atoms with Crippen LogP contribution in [0.25, 0.3) is 0 Å². The number of rotatable bonds is 5. The first kappa shape index (κ1) is 15.6. The van der Waals surface area contributed by atoms with Crippen molar-refractivity contribution in [3.63, 3.8) is 0 Å². The van der Waals surface area contributed by atoms with Gasteiger partial charge in [-0.3, -0.25) is 4.57 Å². The molecule has 0 radical (unpaired) electrons. The molecule has 0 aromatic heterocycles. The van der Waals surface area contributed by atoms with E-state index in [0.29, 0.717) is 0 Å². The van der Waals surface area contributed by atoms with E-state index in [2.05, 4.69) is 0 Å². The molecule has 6 heteroatoms. The van der Waals surface area contributed by atoms with Crippen molar-refractivity contribution in [2.75, 3.05) is 41.6 Å². The summed E-state index contributed by atoms with van der Waals surface area (Å²) in [5.41, 5.74) is 0. The van der Waals surface area contributed by atoms with Crippen molar-refractivity contribution in [2.24, 2.45) is 0 Å². The van der Waals surface area contributed by atoms with Gasteiger partial charge in [-0.05, 0) is 52.6 Å². The summed E-state index contributed by atoms with van der Waals surface area (Å²) in [6.07, 6.45) is 1.99. The third-order valence-corrected chi connectivity index (χ3v) is 6.90. The average molecular weight is 288 g/mol. The maximum Gasteiger partial charge on any atom is 0.245 e. The Kier molecular flexibility index (Phi) is 5.29. The molecule has 0 amide bonds. The minimum atomic E-state index is -2.74. The van der Waals surface area contributed by atoms with Gasteiger partial charge in [0.1, 0.15) is 5.75 Å². The summed E-state index contributed by atoms with van der Waals surface area (Å²) in [4.78, 5) is 1.02. The van der Waals surface area contributed by atoms with E-state index in [1.54, 1.807) is 28.2 Å². The van der Waals surface area contributed by atoms with Gasteiger partial charge < -0.3 is 4.74 Å². The number of ether oxygens (including phenoxy) is 1. The molecular weight excluding hydrogens is 267 g/mol. The van der Waals surface area contributed by atoms with Crippen molar-refractivity contribution in [3.05, 3.63) is 18.2 Å². The fraction of sp³-hybridized carbons (Fsp3) is 0.500. The van der Waals surface area contributed by atoms with E-state index in [9.17, 15) is 4.57 Å². The SMILES string of the molecule is COc1ccc(SC)c(P(=O)(N(C)C)N(C)C)c1. The summed E-state index contributed by atoms with van der Waals surface area (Å²) in [7, 11) is 6.23. The standard InChI is InChI=1S/C12H21N2O2PS/c1-13(2)17(15,14(3)4)11-9-10(16-5)7-8-12(11)18-6/h7-9H,1-6H3. The second-order valence-electron chi connectivity index (χ2n) is 4.28. The van der Waals surface area contributed by atoms with Crippen LogP contribution in [0.5, 0.6) is 5.75 Å². The van der Waals surface area contributed by atoms with Crippen molar-refractivity contribution < 1.29 is 9.30 Å². The fourth-order valence-electron chi connectivity index (χ4n) is 1.81. The third kappa shape index (κ3) is 2.75. The zero-order chi connectivity index (χ0) is 13.9. The van der Waals surface area contributed by atoms with E-state index in [4.69, 9.17) is 4.74 Å². The molecule has 0 atom stereocenters. The van der Waals surface area contributed by atoms with Crippen LogP contribution in [0.1, 0.15) is 0 Å². The van der Waals surface area contributed by atoms with Crippen LogP contribution in [-0.2, 0) is 4.57 Å². The van der Waals surface area contributed by atoms with Crippen LogP contribution < -0.4 is 10.0 Å². The molecule has 0 spiro atoms.